The van der Waals surface area contributed by atoms with Crippen LogP contribution in [-0.4, -0.2) is 11.7 Å². The predicted molar refractivity (Wildman–Crippen MR) is 62.3 cm³/mol. The molecule has 0 saturated heterocycles. The highest BCUT2D eigenvalue weighted by Crippen LogP contribution is 2.33. The van der Waals surface area contributed by atoms with Gasteiger partial charge in [0.05, 0.1) is 5.56 Å². The van der Waals surface area contributed by atoms with Crippen LogP contribution in [0.15, 0.2) is 18.2 Å². The topological polar surface area (TPSA) is 46.2 Å². The summed E-state index contributed by atoms with van der Waals surface area (Å²) in [6, 6.07) is 2.52. The summed E-state index contributed by atoms with van der Waals surface area (Å²) in [5.41, 5.74) is 5.04. The predicted octanol–water partition coefficient (Wildman–Crippen LogP) is 3.16. The van der Waals surface area contributed by atoms with Gasteiger partial charge in [-0.25, -0.2) is 0 Å². The number of nitrogens with two attached hydrogens (primary N) is 1. The highest BCUT2D eigenvalue weighted by atomic mass is 35.5. The summed E-state index contributed by atoms with van der Waals surface area (Å²) in [7, 11) is 0. The van der Waals surface area contributed by atoms with Crippen molar-refractivity contribution in [3.63, 3.8) is 0 Å². The van der Waals surface area contributed by atoms with Gasteiger partial charge in [0.1, 0.15) is 0 Å². The van der Waals surface area contributed by atoms with Crippen LogP contribution >= 0.6 is 24.0 Å². The molecule has 1 atom stereocenters. The molecule has 0 aliphatic rings. The number of rotatable bonds is 3. The van der Waals surface area contributed by atoms with Gasteiger partial charge >= 0.3 is 6.18 Å². The largest absolute Gasteiger partial charge is 0.416 e. The Morgan fingerprint density at radius 1 is 1.29 bits per heavy atom. The molecular formula is C10H12Cl2F3NO. The summed E-state index contributed by atoms with van der Waals surface area (Å²) in [4.78, 5) is 0. The molecule has 1 aromatic carbocycles. The van der Waals surface area contributed by atoms with E-state index in [1.165, 1.54) is 6.07 Å². The normalized spacial score (nSPS) is 13.1. The van der Waals surface area contributed by atoms with Gasteiger partial charge in [-0.3, -0.25) is 0 Å². The summed E-state index contributed by atoms with van der Waals surface area (Å²) < 4.78 is 37.3. The third-order valence-electron chi connectivity index (χ3n) is 2.12. The molecule has 0 bridgehead atoms. The smallest absolute Gasteiger partial charge is 0.396 e. The van der Waals surface area contributed by atoms with Crippen LogP contribution < -0.4 is 5.73 Å². The van der Waals surface area contributed by atoms with E-state index in [4.69, 9.17) is 22.4 Å². The number of aliphatic hydroxyl groups excluding tert-OH is 1. The van der Waals surface area contributed by atoms with Gasteiger partial charge in [0, 0.05) is 17.7 Å². The fourth-order valence-corrected chi connectivity index (χ4v) is 1.54. The average molecular weight is 290 g/mol. The van der Waals surface area contributed by atoms with Crippen LogP contribution in [0.4, 0.5) is 13.2 Å². The van der Waals surface area contributed by atoms with Gasteiger partial charge in [-0.05, 0) is 30.2 Å². The molecule has 2 nitrogen and oxygen atoms in total. The number of benzene rings is 1. The van der Waals surface area contributed by atoms with Crippen molar-refractivity contribution in [3.05, 3.63) is 34.3 Å². The highest BCUT2D eigenvalue weighted by Gasteiger charge is 2.31. The summed E-state index contributed by atoms with van der Waals surface area (Å²) in [5.74, 6) is 0. The molecule has 0 amide bonds. The Kier molecular flexibility index (Phi) is 6.26. The van der Waals surface area contributed by atoms with Gasteiger partial charge in [-0.1, -0.05) is 11.6 Å². The maximum atomic E-state index is 12.4. The number of halogens is 5. The van der Waals surface area contributed by atoms with E-state index in [1.807, 2.05) is 0 Å². The van der Waals surface area contributed by atoms with Crippen LogP contribution in [0.1, 0.15) is 23.6 Å². The van der Waals surface area contributed by atoms with E-state index >= 15 is 0 Å². The maximum Gasteiger partial charge on any atom is 0.416 e. The molecule has 0 unspecified atom stereocenters. The summed E-state index contributed by atoms with van der Waals surface area (Å²) in [5, 5.41) is 8.65. The quantitative estimate of drug-likeness (QED) is 0.898. The molecule has 0 fully saturated rings. The van der Waals surface area contributed by atoms with Crippen molar-refractivity contribution in [1.82, 2.24) is 0 Å². The number of hydrogen-bond acceptors (Lipinski definition) is 2. The highest BCUT2D eigenvalue weighted by molar-refractivity contribution is 6.30. The van der Waals surface area contributed by atoms with Gasteiger partial charge in [-0.15, -0.1) is 12.4 Å². The minimum absolute atomic E-state index is 0. The molecule has 1 aromatic rings. The van der Waals surface area contributed by atoms with Crippen molar-refractivity contribution in [2.75, 3.05) is 6.61 Å². The fraction of sp³-hybridized carbons (Fsp3) is 0.400. The lowest BCUT2D eigenvalue weighted by Gasteiger charge is -2.14. The second-order valence-corrected chi connectivity index (χ2v) is 3.83. The SMILES string of the molecule is Cl.N[C@@H](CCO)c1cc(Cl)cc(C(F)(F)F)c1. The van der Waals surface area contributed by atoms with Gasteiger partial charge in [0.25, 0.3) is 0 Å². The van der Waals surface area contributed by atoms with Crippen LogP contribution in [-0.2, 0) is 6.18 Å². The summed E-state index contributed by atoms with van der Waals surface area (Å²) in [6.07, 6.45) is -4.25. The second-order valence-electron chi connectivity index (χ2n) is 3.39. The zero-order chi connectivity index (χ0) is 12.3. The molecule has 3 N–H and O–H groups in total. The van der Waals surface area contributed by atoms with Crippen molar-refractivity contribution >= 4 is 24.0 Å². The Bertz CT molecular complexity index is 371. The molecule has 0 aromatic heterocycles. The van der Waals surface area contributed by atoms with E-state index in [0.717, 1.165) is 12.1 Å². The van der Waals surface area contributed by atoms with Gasteiger partial charge in [0.15, 0.2) is 0 Å². The third kappa shape index (κ3) is 4.71. The van der Waals surface area contributed by atoms with Gasteiger partial charge in [0.2, 0.25) is 0 Å². The minimum Gasteiger partial charge on any atom is -0.396 e. The van der Waals surface area contributed by atoms with Crippen LogP contribution in [0.3, 0.4) is 0 Å². The van der Waals surface area contributed by atoms with Crippen molar-refractivity contribution in [2.45, 2.75) is 18.6 Å². The van der Waals surface area contributed by atoms with Crippen LogP contribution in [0.2, 0.25) is 5.02 Å². The lowest BCUT2D eigenvalue weighted by Crippen LogP contribution is -2.14. The molecule has 7 heteroatoms. The number of aliphatic hydroxyl groups is 1. The van der Waals surface area contributed by atoms with Crippen molar-refractivity contribution in [2.24, 2.45) is 5.73 Å². The van der Waals surface area contributed by atoms with Crippen LogP contribution in [0.5, 0.6) is 0 Å². The minimum atomic E-state index is -4.45. The zero-order valence-electron chi connectivity index (χ0n) is 8.67. The molecule has 17 heavy (non-hydrogen) atoms. The Labute approximate surface area is 108 Å². The molecule has 0 spiro atoms. The lowest BCUT2D eigenvalue weighted by molar-refractivity contribution is -0.137. The molecule has 98 valence electrons. The number of alkyl halides is 3. The summed E-state index contributed by atoms with van der Waals surface area (Å²) >= 11 is 5.58. The Hall–Kier alpha value is -0.490. The first-order chi connectivity index (χ1) is 7.34. The Morgan fingerprint density at radius 3 is 2.35 bits per heavy atom. The van der Waals surface area contributed by atoms with Gasteiger partial charge in [-0.2, -0.15) is 13.2 Å². The lowest BCUT2D eigenvalue weighted by atomic mass is 10.0. The van der Waals surface area contributed by atoms with E-state index in [0.29, 0.717) is 0 Å². The molecule has 0 aliphatic heterocycles. The van der Waals surface area contributed by atoms with Crippen LogP contribution in [0, 0.1) is 0 Å². The first-order valence-electron chi connectivity index (χ1n) is 4.58. The number of hydrogen-bond donors (Lipinski definition) is 2. The molecule has 0 aliphatic carbocycles. The molecule has 1 rings (SSSR count). The fourth-order valence-electron chi connectivity index (χ4n) is 1.30. The summed E-state index contributed by atoms with van der Waals surface area (Å²) in [6.45, 7) is -0.185. The standard InChI is InChI=1S/C10H11ClF3NO.ClH/c11-8-4-6(9(15)1-2-16)3-7(5-8)10(12,13)14;/h3-5,9,16H,1-2,15H2;1H/t9-;/m0./s1. The second kappa shape index (κ2) is 6.44. The van der Waals surface area contributed by atoms with Crippen LogP contribution in [0.25, 0.3) is 0 Å². The zero-order valence-corrected chi connectivity index (χ0v) is 10.2. The van der Waals surface area contributed by atoms with Crippen molar-refractivity contribution in [3.8, 4) is 0 Å². The first-order valence-corrected chi connectivity index (χ1v) is 4.96. The van der Waals surface area contributed by atoms with E-state index in [2.05, 4.69) is 0 Å². The first kappa shape index (κ1) is 16.5. The third-order valence-corrected chi connectivity index (χ3v) is 2.33. The average Bonchev–Trinajstić information content (AvgIpc) is 2.16. The molecule has 0 saturated carbocycles. The van der Waals surface area contributed by atoms with E-state index in [-0.39, 0.29) is 36.0 Å². The van der Waals surface area contributed by atoms with E-state index < -0.39 is 17.8 Å². The van der Waals surface area contributed by atoms with Crippen molar-refractivity contribution < 1.29 is 18.3 Å². The van der Waals surface area contributed by atoms with E-state index in [9.17, 15) is 13.2 Å². The monoisotopic (exact) mass is 289 g/mol. The molecule has 0 heterocycles. The van der Waals surface area contributed by atoms with E-state index in [1.54, 1.807) is 0 Å². The van der Waals surface area contributed by atoms with Crippen molar-refractivity contribution in [1.29, 1.82) is 0 Å². The maximum absolute atomic E-state index is 12.4. The molecule has 0 radical (unpaired) electrons. The Balaban J connectivity index is 0.00000256. The Morgan fingerprint density at radius 2 is 1.88 bits per heavy atom. The molecular weight excluding hydrogens is 278 g/mol. The van der Waals surface area contributed by atoms with Gasteiger partial charge < -0.3 is 10.8 Å².